The van der Waals surface area contributed by atoms with Gasteiger partial charge in [0.15, 0.2) is 10.8 Å². The Kier molecular flexibility index (Phi) is 9.60. The van der Waals surface area contributed by atoms with Crippen LogP contribution in [0.1, 0.15) is 32.9 Å². The van der Waals surface area contributed by atoms with Crippen LogP contribution >= 0.6 is 34.9 Å². The van der Waals surface area contributed by atoms with Crippen LogP contribution in [0.25, 0.3) is 0 Å². The number of amides is 2. The quantitative estimate of drug-likeness (QED) is 0.0894. The van der Waals surface area contributed by atoms with Gasteiger partial charge in [-0.25, -0.2) is 9.78 Å². The van der Waals surface area contributed by atoms with Crippen LogP contribution < -0.4 is 11.1 Å². The molecule has 4 N–H and O–H groups in total. The van der Waals surface area contributed by atoms with Crippen molar-refractivity contribution in [2.45, 2.75) is 44.7 Å². The van der Waals surface area contributed by atoms with Crippen molar-refractivity contribution in [3.05, 3.63) is 21.7 Å². The molecule has 0 aliphatic carbocycles. The molecule has 17 heteroatoms. The van der Waals surface area contributed by atoms with Gasteiger partial charge in [0, 0.05) is 21.8 Å². The molecule has 218 valence electrons. The summed E-state index contributed by atoms with van der Waals surface area (Å²) in [5, 5.41) is 15.9. The van der Waals surface area contributed by atoms with Gasteiger partial charge in [-0.2, -0.15) is 0 Å². The van der Waals surface area contributed by atoms with E-state index in [2.05, 4.69) is 15.5 Å². The molecule has 3 atom stereocenters. The second-order valence-electron chi connectivity index (χ2n) is 9.80. The number of anilines is 1. The zero-order valence-corrected chi connectivity index (χ0v) is 24.4. The molecule has 4 rings (SSSR count). The number of nitrogens with zero attached hydrogens (tertiary/aromatic N) is 3. The number of carbonyl (C=O) groups excluding carboxylic acids is 4. The number of hydrogen-bond acceptors (Lipinski definition) is 15. The van der Waals surface area contributed by atoms with Crippen LogP contribution in [-0.4, -0.2) is 93.8 Å². The molecular weight excluding hydrogens is 586 g/mol. The third kappa shape index (κ3) is 6.71. The summed E-state index contributed by atoms with van der Waals surface area (Å²) in [6.45, 7) is 5.13. The second kappa shape index (κ2) is 12.8. The molecule has 3 aliphatic heterocycles. The molecular formula is C23H29N5O9S3. The fraction of sp³-hybridized carbons (Fsp3) is 0.565. The maximum absolute atomic E-state index is 13.2. The fourth-order valence-electron chi connectivity index (χ4n) is 3.76. The minimum absolute atomic E-state index is 0.0199. The van der Waals surface area contributed by atoms with Crippen molar-refractivity contribution in [3.63, 3.8) is 0 Å². The molecule has 4 heterocycles. The van der Waals surface area contributed by atoms with Crippen LogP contribution in [0.4, 0.5) is 5.13 Å². The molecule has 14 nitrogen and oxygen atoms in total. The van der Waals surface area contributed by atoms with Crippen molar-refractivity contribution in [2.75, 3.05) is 37.4 Å². The van der Waals surface area contributed by atoms with Gasteiger partial charge in [-0.05, 0) is 27.2 Å². The van der Waals surface area contributed by atoms with Gasteiger partial charge in [0.25, 0.3) is 11.8 Å². The average molecular weight is 616 g/mol. The number of nitrogen functional groups attached to an aromatic ring is 1. The summed E-state index contributed by atoms with van der Waals surface area (Å²) in [6, 6.07) is -1.00. The molecule has 1 aromatic heterocycles. The Morgan fingerprint density at radius 3 is 2.75 bits per heavy atom. The number of esters is 2. The van der Waals surface area contributed by atoms with E-state index < -0.39 is 53.1 Å². The first kappa shape index (κ1) is 30.1. The summed E-state index contributed by atoms with van der Waals surface area (Å²) in [5.41, 5.74) is 4.49. The van der Waals surface area contributed by atoms with Crippen molar-refractivity contribution in [3.8, 4) is 0 Å². The number of thiazole rings is 1. The molecule has 2 fully saturated rings. The molecule has 3 aliphatic rings. The number of fused-ring (bicyclic) bond motifs is 1. The highest BCUT2D eigenvalue weighted by atomic mass is 32.2. The van der Waals surface area contributed by atoms with Gasteiger partial charge in [0.05, 0.1) is 18.1 Å². The summed E-state index contributed by atoms with van der Waals surface area (Å²) in [7, 11) is 0. The molecule has 0 bridgehead atoms. The number of rotatable bonds is 9. The minimum atomic E-state index is -1.00. The van der Waals surface area contributed by atoms with Gasteiger partial charge < -0.3 is 35.2 Å². The van der Waals surface area contributed by atoms with Crippen LogP contribution in [-0.2, 0) is 38.1 Å². The smallest absolute Gasteiger partial charge is 0.358 e. The number of thioether (sulfide) groups is 2. The van der Waals surface area contributed by atoms with Crippen molar-refractivity contribution >= 4 is 69.5 Å². The van der Waals surface area contributed by atoms with E-state index in [0.29, 0.717) is 29.4 Å². The van der Waals surface area contributed by atoms with Gasteiger partial charge in [-0.1, -0.05) is 5.16 Å². The molecule has 0 saturated carbocycles. The van der Waals surface area contributed by atoms with Crippen LogP contribution in [0, 0.1) is 5.41 Å². The molecule has 1 aromatic rings. The summed E-state index contributed by atoms with van der Waals surface area (Å²) in [6.07, 6.45) is 0.600. The van der Waals surface area contributed by atoms with E-state index in [4.69, 9.17) is 24.7 Å². The minimum Gasteiger partial charge on any atom is -0.427 e. The number of hydrogen-bond donors (Lipinski definition) is 3. The number of carbonyl (C=O) groups is 4. The summed E-state index contributed by atoms with van der Waals surface area (Å²) < 4.78 is 21.1. The molecule has 2 amide bonds. The van der Waals surface area contributed by atoms with Crippen molar-refractivity contribution in [1.82, 2.24) is 15.2 Å². The van der Waals surface area contributed by atoms with Gasteiger partial charge in [0.1, 0.15) is 29.6 Å². The summed E-state index contributed by atoms with van der Waals surface area (Å²) in [4.78, 5) is 57.1. The lowest BCUT2D eigenvalue weighted by atomic mass is 9.98. The third-order valence-electron chi connectivity index (χ3n) is 5.90. The SMILES string of the molecule is CC(C)(C)C(=O)OCOC(=O)C1=C(SCC2CCOCO2)CS[C@@H]2C(NC(=O)/C(=N\O)c3csc(N)n3)C(=O)N12. The number of oxime groups is 1. The first-order valence-electron chi connectivity index (χ1n) is 12.1. The molecule has 2 unspecified atom stereocenters. The Morgan fingerprint density at radius 2 is 2.12 bits per heavy atom. The maximum atomic E-state index is 13.2. The van der Waals surface area contributed by atoms with Crippen molar-refractivity contribution in [2.24, 2.45) is 10.6 Å². The Labute approximate surface area is 242 Å². The molecule has 0 aromatic carbocycles. The zero-order chi connectivity index (χ0) is 29.0. The Bertz CT molecular complexity index is 1220. The van der Waals surface area contributed by atoms with E-state index in [1.807, 2.05) is 0 Å². The van der Waals surface area contributed by atoms with Crippen molar-refractivity contribution in [1.29, 1.82) is 0 Å². The zero-order valence-electron chi connectivity index (χ0n) is 21.9. The van der Waals surface area contributed by atoms with E-state index in [0.717, 1.165) is 11.3 Å². The maximum Gasteiger partial charge on any atom is 0.358 e. The number of aromatic nitrogens is 1. The largest absolute Gasteiger partial charge is 0.427 e. The van der Waals surface area contributed by atoms with Crippen LogP contribution in [0.15, 0.2) is 21.1 Å². The van der Waals surface area contributed by atoms with E-state index in [-0.39, 0.29) is 29.4 Å². The lowest BCUT2D eigenvalue weighted by molar-refractivity contribution is -0.173. The predicted molar refractivity (Wildman–Crippen MR) is 146 cm³/mol. The lowest BCUT2D eigenvalue weighted by Crippen LogP contribution is -2.71. The summed E-state index contributed by atoms with van der Waals surface area (Å²) >= 11 is 3.78. The molecule has 0 radical (unpaired) electrons. The number of β-lactam (4-membered cyclic amide) rings is 1. The highest BCUT2D eigenvalue weighted by molar-refractivity contribution is 8.06. The van der Waals surface area contributed by atoms with Crippen molar-refractivity contribution < 1.29 is 43.3 Å². The van der Waals surface area contributed by atoms with E-state index >= 15 is 0 Å². The first-order chi connectivity index (χ1) is 19.0. The van der Waals surface area contributed by atoms with Gasteiger partial charge >= 0.3 is 11.9 Å². The highest BCUT2D eigenvalue weighted by Gasteiger charge is 2.55. The van der Waals surface area contributed by atoms with Gasteiger partial charge in [0.2, 0.25) is 6.79 Å². The Morgan fingerprint density at radius 1 is 1.35 bits per heavy atom. The number of nitrogens with two attached hydrogens (primary N) is 1. The van der Waals surface area contributed by atoms with Crippen LogP contribution in [0.5, 0.6) is 0 Å². The number of ether oxygens (including phenoxy) is 4. The second-order valence-corrected chi connectivity index (χ2v) is 12.9. The van der Waals surface area contributed by atoms with E-state index in [1.165, 1.54) is 33.8 Å². The third-order valence-corrected chi connectivity index (χ3v) is 9.26. The lowest BCUT2D eigenvalue weighted by Gasteiger charge is -2.49. The predicted octanol–water partition coefficient (Wildman–Crippen LogP) is 1.10. The monoisotopic (exact) mass is 615 g/mol. The number of nitrogens with one attached hydrogen (secondary N) is 1. The molecule has 2 saturated heterocycles. The van der Waals surface area contributed by atoms with Crippen LogP contribution in [0.2, 0.25) is 0 Å². The van der Waals surface area contributed by atoms with E-state index in [9.17, 15) is 24.4 Å². The van der Waals surface area contributed by atoms with Gasteiger partial charge in [-0.15, -0.1) is 34.9 Å². The topological polar surface area (TPSA) is 192 Å². The molecule has 40 heavy (non-hydrogen) atoms. The Hall–Kier alpha value is -2.86. The Balaban J connectivity index is 1.48. The molecule has 0 spiro atoms. The highest BCUT2D eigenvalue weighted by Crippen LogP contribution is 2.44. The summed E-state index contributed by atoms with van der Waals surface area (Å²) in [5.74, 6) is -1.90. The van der Waals surface area contributed by atoms with Crippen LogP contribution in [0.3, 0.4) is 0 Å². The normalized spacial score (nSPS) is 23.3. The standard InChI is InChI=1S/C23H29N5O9S3/c1-23(2,3)21(32)37-10-36-20(31)16-13(38-6-11-4-5-34-9-35-11)8-39-19-15(18(30)28(16)19)26-17(29)14(27-33)12-7-40-22(24)25-12/h7,11,15,19,33H,4-6,8-10H2,1-3H3,(H2,24,25)(H,26,29)/b27-14-/t11?,15?,19-/m1/s1. The van der Waals surface area contributed by atoms with Gasteiger partial charge in [-0.3, -0.25) is 19.3 Å². The van der Waals surface area contributed by atoms with E-state index in [1.54, 1.807) is 20.8 Å². The first-order valence-corrected chi connectivity index (χ1v) is 15.0. The average Bonchev–Trinajstić information content (AvgIpc) is 3.35. The fourth-order valence-corrected chi connectivity index (χ4v) is 7.01.